The predicted octanol–water partition coefficient (Wildman–Crippen LogP) is 1.61. The second-order valence-electron chi connectivity index (χ2n) is 5.54. The fourth-order valence-electron chi connectivity index (χ4n) is 2.29. The van der Waals surface area contributed by atoms with Gasteiger partial charge in [0.2, 0.25) is 15.9 Å². The van der Waals surface area contributed by atoms with Gasteiger partial charge in [0, 0.05) is 12.6 Å². The number of carbonyl (C=O) groups is 1. The maximum absolute atomic E-state index is 12.3. The monoisotopic (exact) mass is 378 g/mol. The standard InChI is InChI=1S/C18H22N2O5S/c1-13-6-4-5-7-14(13)11-19-18(21)12-20-26(22,23)15-8-9-16(24-2)17(10-15)25-3/h4-10,20H,11-12H2,1-3H3,(H,19,21). The summed E-state index contributed by atoms with van der Waals surface area (Å²) in [5.74, 6) is 0.291. The summed E-state index contributed by atoms with van der Waals surface area (Å²) in [6.07, 6.45) is 0. The third-order valence-corrected chi connectivity index (χ3v) is 5.22. The highest BCUT2D eigenvalue weighted by atomic mass is 32.2. The number of amides is 1. The van der Waals surface area contributed by atoms with Crippen LogP contribution < -0.4 is 19.5 Å². The molecule has 2 aromatic rings. The quantitative estimate of drug-likeness (QED) is 0.728. The first-order valence-electron chi connectivity index (χ1n) is 7.90. The zero-order valence-corrected chi connectivity index (χ0v) is 15.7. The molecule has 8 heteroatoms. The second kappa shape index (κ2) is 8.68. The Morgan fingerprint density at radius 1 is 1.04 bits per heavy atom. The van der Waals surface area contributed by atoms with Crippen LogP contribution in [0.2, 0.25) is 0 Å². The van der Waals surface area contributed by atoms with Gasteiger partial charge in [-0.1, -0.05) is 24.3 Å². The number of benzene rings is 2. The Morgan fingerprint density at radius 3 is 2.38 bits per heavy atom. The van der Waals surface area contributed by atoms with Crippen LogP contribution >= 0.6 is 0 Å². The van der Waals surface area contributed by atoms with Crippen molar-refractivity contribution in [2.24, 2.45) is 0 Å². The van der Waals surface area contributed by atoms with Crippen LogP contribution in [0.25, 0.3) is 0 Å². The molecular formula is C18H22N2O5S. The number of methoxy groups -OCH3 is 2. The molecule has 0 radical (unpaired) electrons. The summed E-state index contributed by atoms with van der Waals surface area (Å²) in [5, 5.41) is 2.69. The Balaban J connectivity index is 1.97. The molecule has 2 N–H and O–H groups in total. The molecule has 0 bridgehead atoms. The topological polar surface area (TPSA) is 93.7 Å². The maximum Gasteiger partial charge on any atom is 0.241 e. The minimum atomic E-state index is -3.85. The first-order chi connectivity index (χ1) is 12.4. The average molecular weight is 378 g/mol. The number of sulfonamides is 1. The number of carbonyl (C=O) groups excluding carboxylic acids is 1. The number of aryl methyl sites for hydroxylation is 1. The van der Waals surface area contributed by atoms with E-state index in [1.807, 2.05) is 31.2 Å². The van der Waals surface area contributed by atoms with Crippen LogP contribution in [0.5, 0.6) is 11.5 Å². The van der Waals surface area contributed by atoms with Crippen LogP contribution in [-0.4, -0.2) is 35.1 Å². The van der Waals surface area contributed by atoms with Crippen molar-refractivity contribution in [3.05, 3.63) is 53.6 Å². The SMILES string of the molecule is COc1ccc(S(=O)(=O)NCC(=O)NCc2ccccc2C)cc1OC. The van der Waals surface area contributed by atoms with Gasteiger partial charge in [-0.25, -0.2) is 13.1 Å². The molecular weight excluding hydrogens is 356 g/mol. The van der Waals surface area contributed by atoms with Gasteiger partial charge in [-0.15, -0.1) is 0 Å². The molecule has 0 saturated carbocycles. The minimum Gasteiger partial charge on any atom is -0.493 e. The van der Waals surface area contributed by atoms with Crippen LogP contribution in [0.3, 0.4) is 0 Å². The van der Waals surface area contributed by atoms with E-state index >= 15 is 0 Å². The number of hydrogen-bond acceptors (Lipinski definition) is 5. The third kappa shape index (κ3) is 4.96. The minimum absolute atomic E-state index is 0.0122. The molecule has 0 saturated heterocycles. The highest BCUT2D eigenvalue weighted by molar-refractivity contribution is 7.89. The summed E-state index contributed by atoms with van der Waals surface area (Å²) in [4.78, 5) is 11.9. The fraction of sp³-hybridized carbons (Fsp3) is 0.278. The van der Waals surface area contributed by atoms with Crippen LogP contribution in [0.1, 0.15) is 11.1 Å². The molecule has 7 nitrogen and oxygen atoms in total. The normalized spacial score (nSPS) is 11.0. The van der Waals surface area contributed by atoms with Crippen molar-refractivity contribution < 1.29 is 22.7 Å². The molecule has 1 amide bonds. The van der Waals surface area contributed by atoms with E-state index in [9.17, 15) is 13.2 Å². The average Bonchev–Trinajstić information content (AvgIpc) is 2.65. The molecule has 0 aliphatic rings. The van der Waals surface area contributed by atoms with Crippen molar-refractivity contribution >= 4 is 15.9 Å². The first-order valence-corrected chi connectivity index (χ1v) is 9.38. The molecule has 2 aromatic carbocycles. The van der Waals surface area contributed by atoms with Gasteiger partial charge in [0.15, 0.2) is 11.5 Å². The Bertz CT molecular complexity index is 881. The van der Waals surface area contributed by atoms with E-state index in [2.05, 4.69) is 10.0 Å². The van der Waals surface area contributed by atoms with E-state index in [1.54, 1.807) is 0 Å². The van der Waals surface area contributed by atoms with E-state index < -0.39 is 15.9 Å². The fourth-order valence-corrected chi connectivity index (χ4v) is 3.29. The van der Waals surface area contributed by atoms with Crippen molar-refractivity contribution in [1.29, 1.82) is 0 Å². The summed E-state index contributed by atoms with van der Waals surface area (Å²) >= 11 is 0. The third-order valence-electron chi connectivity index (χ3n) is 3.83. The number of rotatable bonds is 8. The molecule has 2 rings (SSSR count). The molecule has 0 aliphatic heterocycles. The molecule has 0 unspecified atom stereocenters. The molecule has 0 atom stereocenters. The molecule has 0 aliphatic carbocycles. The van der Waals surface area contributed by atoms with E-state index in [-0.39, 0.29) is 11.4 Å². The highest BCUT2D eigenvalue weighted by Crippen LogP contribution is 2.29. The van der Waals surface area contributed by atoms with Gasteiger partial charge < -0.3 is 14.8 Å². The molecule has 26 heavy (non-hydrogen) atoms. The van der Waals surface area contributed by atoms with Gasteiger partial charge in [0.05, 0.1) is 25.7 Å². The van der Waals surface area contributed by atoms with Crippen LogP contribution in [0.4, 0.5) is 0 Å². The lowest BCUT2D eigenvalue weighted by atomic mass is 10.1. The van der Waals surface area contributed by atoms with Crippen LogP contribution in [-0.2, 0) is 21.4 Å². The number of hydrogen-bond donors (Lipinski definition) is 2. The van der Waals surface area contributed by atoms with Gasteiger partial charge in [-0.05, 0) is 30.2 Å². The molecule has 0 fully saturated rings. The van der Waals surface area contributed by atoms with E-state index in [0.717, 1.165) is 11.1 Å². The van der Waals surface area contributed by atoms with Gasteiger partial charge in [0.25, 0.3) is 0 Å². The zero-order chi connectivity index (χ0) is 19.2. The van der Waals surface area contributed by atoms with Gasteiger partial charge in [-0.3, -0.25) is 4.79 Å². The predicted molar refractivity (Wildman–Crippen MR) is 97.8 cm³/mol. The van der Waals surface area contributed by atoms with Crippen molar-refractivity contribution in [2.45, 2.75) is 18.4 Å². The van der Waals surface area contributed by atoms with Gasteiger partial charge in [-0.2, -0.15) is 0 Å². The van der Waals surface area contributed by atoms with Gasteiger partial charge >= 0.3 is 0 Å². The van der Waals surface area contributed by atoms with Crippen molar-refractivity contribution in [1.82, 2.24) is 10.0 Å². The molecule has 0 spiro atoms. The van der Waals surface area contributed by atoms with Crippen molar-refractivity contribution in [3.63, 3.8) is 0 Å². The number of ether oxygens (including phenoxy) is 2. The first kappa shape index (κ1) is 19.7. The van der Waals surface area contributed by atoms with Gasteiger partial charge in [0.1, 0.15) is 0 Å². The Kier molecular flexibility index (Phi) is 6.59. The highest BCUT2D eigenvalue weighted by Gasteiger charge is 2.18. The summed E-state index contributed by atoms with van der Waals surface area (Å²) in [7, 11) is -0.972. The maximum atomic E-state index is 12.3. The molecule has 0 aromatic heterocycles. The summed E-state index contributed by atoms with van der Waals surface area (Å²) in [6, 6.07) is 11.9. The van der Waals surface area contributed by atoms with E-state index in [4.69, 9.17) is 9.47 Å². The molecule has 0 heterocycles. The Morgan fingerprint density at radius 2 is 1.73 bits per heavy atom. The Labute approximate surface area is 153 Å². The summed E-state index contributed by atoms with van der Waals surface area (Å²) in [6.45, 7) is 1.92. The number of nitrogens with one attached hydrogen (secondary N) is 2. The van der Waals surface area contributed by atoms with E-state index in [1.165, 1.54) is 32.4 Å². The summed E-state index contributed by atoms with van der Waals surface area (Å²) < 4.78 is 37.2. The van der Waals surface area contributed by atoms with Crippen molar-refractivity contribution in [2.75, 3.05) is 20.8 Å². The summed E-state index contributed by atoms with van der Waals surface area (Å²) in [5.41, 5.74) is 2.03. The van der Waals surface area contributed by atoms with Crippen molar-refractivity contribution in [3.8, 4) is 11.5 Å². The zero-order valence-electron chi connectivity index (χ0n) is 14.9. The molecule has 140 valence electrons. The van der Waals surface area contributed by atoms with Crippen LogP contribution in [0, 0.1) is 6.92 Å². The lowest BCUT2D eigenvalue weighted by molar-refractivity contribution is -0.120. The largest absolute Gasteiger partial charge is 0.493 e. The van der Waals surface area contributed by atoms with E-state index in [0.29, 0.717) is 18.0 Å². The smallest absolute Gasteiger partial charge is 0.241 e. The lowest BCUT2D eigenvalue weighted by Crippen LogP contribution is -2.36. The second-order valence-corrected chi connectivity index (χ2v) is 7.31. The Hall–Kier alpha value is -2.58. The lowest BCUT2D eigenvalue weighted by Gasteiger charge is -2.11. The van der Waals surface area contributed by atoms with Crippen LogP contribution in [0.15, 0.2) is 47.4 Å².